The van der Waals surface area contributed by atoms with E-state index in [4.69, 9.17) is 10.8 Å². The van der Waals surface area contributed by atoms with Crippen molar-refractivity contribution >= 4 is 46.4 Å². The smallest absolute Gasteiger partial charge is 0.328 e. The Bertz CT molecular complexity index is 1830. The van der Waals surface area contributed by atoms with E-state index in [9.17, 15) is 19.2 Å². The van der Waals surface area contributed by atoms with Crippen LogP contribution in [0.15, 0.2) is 78.9 Å². The lowest BCUT2D eigenvalue weighted by Crippen LogP contribution is -2.55. The summed E-state index contributed by atoms with van der Waals surface area (Å²) in [5.41, 5.74) is 10.3. The normalized spacial score (nSPS) is 16.3. The van der Waals surface area contributed by atoms with E-state index in [-0.39, 0.29) is 18.4 Å². The molecule has 242 valence electrons. The van der Waals surface area contributed by atoms with E-state index < -0.39 is 17.4 Å². The summed E-state index contributed by atoms with van der Waals surface area (Å²) in [7, 11) is 0. The highest BCUT2D eigenvalue weighted by molar-refractivity contribution is 6.06. The molecule has 5 N–H and O–H groups in total. The van der Waals surface area contributed by atoms with E-state index >= 15 is 0 Å². The van der Waals surface area contributed by atoms with Crippen molar-refractivity contribution in [3.05, 3.63) is 95.6 Å². The number of aromatic nitrogens is 1. The maximum atomic E-state index is 13.9. The van der Waals surface area contributed by atoms with Crippen molar-refractivity contribution in [1.29, 1.82) is 0 Å². The molecule has 9 nitrogen and oxygen atoms in total. The number of hydrogen-bond acceptors (Lipinski definition) is 4. The lowest BCUT2D eigenvalue weighted by Gasteiger charge is -2.29. The van der Waals surface area contributed by atoms with Gasteiger partial charge in [0.25, 0.3) is 5.91 Å². The number of fused-ring (bicyclic) bond motifs is 1. The van der Waals surface area contributed by atoms with Crippen molar-refractivity contribution in [3.63, 3.8) is 0 Å². The predicted octanol–water partition coefficient (Wildman–Crippen LogP) is 6.62. The summed E-state index contributed by atoms with van der Waals surface area (Å²) in [4.78, 5) is 50.9. The molecule has 0 atom stereocenters. The first kappa shape index (κ1) is 31.8. The number of amides is 3. The molecule has 0 spiro atoms. The van der Waals surface area contributed by atoms with Gasteiger partial charge in [-0.2, -0.15) is 0 Å². The summed E-state index contributed by atoms with van der Waals surface area (Å²) in [5, 5.41) is 15.9. The molecule has 0 aliphatic heterocycles. The van der Waals surface area contributed by atoms with Gasteiger partial charge in [-0.1, -0.05) is 80.6 Å². The first-order valence-electron chi connectivity index (χ1n) is 16.4. The van der Waals surface area contributed by atoms with Gasteiger partial charge in [0.1, 0.15) is 12.1 Å². The lowest BCUT2D eigenvalue weighted by molar-refractivity contribution is -0.131. The first-order valence-corrected chi connectivity index (χ1v) is 16.4. The highest BCUT2D eigenvalue weighted by atomic mass is 16.4. The van der Waals surface area contributed by atoms with Crippen LogP contribution in [0.4, 0.5) is 5.69 Å². The van der Waals surface area contributed by atoms with Crippen LogP contribution in [0.1, 0.15) is 85.2 Å². The highest BCUT2D eigenvalue weighted by Crippen LogP contribution is 2.44. The third kappa shape index (κ3) is 6.84. The zero-order valence-electron chi connectivity index (χ0n) is 26.3. The minimum absolute atomic E-state index is 0.0181. The molecule has 2 aliphatic rings. The minimum Gasteiger partial charge on any atom is -0.478 e. The largest absolute Gasteiger partial charge is 0.478 e. The number of carbonyl (C=O) groups excluding carboxylic acids is 3. The van der Waals surface area contributed by atoms with Crippen LogP contribution in [0.25, 0.3) is 28.2 Å². The Balaban J connectivity index is 1.33. The van der Waals surface area contributed by atoms with Gasteiger partial charge >= 0.3 is 5.97 Å². The molecule has 9 heteroatoms. The van der Waals surface area contributed by atoms with Crippen molar-refractivity contribution < 1.29 is 24.3 Å². The van der Waals surface area contributed by atoms with Crippen LogP contribution in [0.2, 0.25) is 0 Å². The molecular formula is C38H40N4O5. The molecule has 47 heavy (non-hydrogen) atoms. The topological polar surface area (TPSA) is 144 Å². The number of nitrogens with zero attached hydrogens (tertiary/aromatic N) is 1. The number of nitrogens with one attached hydrogen (secondary N) is 2. The Kier molecular flexibility index (Phi) is 9.24. The van der Waals surface area contributed by atoms with Crippen molar-refractivity contribution in [1.82, 2.24) is 9.88 Å². The molecule has 2 saturated carbocycles. The molecule has 0 unspecified atom stereocenters. The van der Waals surface area contributed by atoms with E-state index in [1.165, 1.54) is 18.1 Å². The summed E-state index contributed by atoms with van der Waals surface area (Å²) < 4.78 is 1.96. The van der Waals surface area contributed by atoms with Crippen LogP contribution in [0.5, 0.6) is 0 Å². The van der Waals surface area contributed by atoms with Gasteiger partial charge in [-0.25, -0.2) is 4.79 Å². The van der Waals surface area contributed by atoms with Crippen LogP contribution in [-0.4, -0.2) is 38.9 Å². The number of primary amides is 1. The maximum Gasteiger partial charge on any atom is 0.328 e. The third-order valence-electron chi connectivity index (χ3n) is 9.57. The van der Waals surface area contributed by atoms with E-state index in [1.54, 1.807) is 24.3 Å². The highest BCUT2D eigenvalue weighted by Gasteiger charge is 2.43. The van der Waals surface area contributed by atoms with Gasteiger partial charge in [0, 0.05) is 22.7 Å². The lowest BCUT2D eigenvalue weighted by atomic mass is 9.81. The van der Waals surface area contributed by atoms with Gasteiger partial charge < -0.3 is 26.0 Å². The summed E-state index contributed by atoms with van der Waals surface area (Å²) in [6, 6.07) is 22.5. The standard InChI is InChI=1S/C38H40N4O5/c39-32(43)24-42-31-23-28(16-19-30(31)34(26-9-3-1-4-10-26)35(42)27-11-5-2-6-12-27)36(46)41-38(21-7-8-22-38)37(47)40-29-17-13-25(14-18-29)15-20-33(44)45/h2,5-6,11-20,23,26H,1,3-4,7-10,21-22,24H2,(H2,39,43)(H,40,47)(H,41,46)(H,44,45)/b20-15+. The molecule has 4 aromatic rings. The van der Waals surface area contributed by atoms with Crippen molar-refractivity contribution in [2.75, 3.05) is 5.32 Å². The number of aliphatic carboxylic acids is 1. The molecule has 1 heterocycles. The van der Waals surface area contributed by atoms with Crippen LogP contribution in [-0.2, 0) is 20.9 Å². The molecule has 3 amide bonds. The second-order valence-electron chi connectivity index (χ2n) is 12.7. The fourth-order valence-electron chi connectivity index (χ4n) is 7.32. The molecule has 6 rings (SSSR count). The minimum atomic E-state index is -1.08. The number of carboxylic acid groups (broad SMARTS) is 1. The van der Waals surface area contributed by atoms with Gasteiger partial charge in [0.2, 0.25) is 11.8 Å². The predicted molar refractivity (Wildman–Crippen MR) is 183 cm³/mol. The molecule has 3 aromatic carbocycles. The van der Waals surface area contributed by atoms with Crippen molar-refractivity contribution in [3.8, 4) is 11.3 Å². The molecule has 0 bridgehead atoms. The third-order valence-corrected chi connectivity index (χ3v) is 9.57. The van der Waals surface area contributed by atoms with Gasteiger partial charge in [0.15, 0.2) is 0 Å². The Morgan fingerprint density at radius 3 is 2.26 bits per heavy atom. The fraction of sp³-hybridized carbons (Fsp3) is 0.316. The second-order valence-corrected chi connectivity index (χ2v) is 12.7. The SMILES string of the molecule is NC(=O)Cn1c(-c2ccccc2)c(C2CCCCC2)c2ccc(C(=O)NC3(C(=O)Nc4ccc(/C=C/C(=O)O)cc4)CCCC3)cc21. The van der Waals surface area contributed by atoms with Gasteiger partial charge in [-0.3, -0.25) is 14.4 Å². The van der Waals surface area contributed by atoms with Crippen LogP contribution in [0, 0.1) is 0 Å². The average molecular weight is 633 g/mol. The maximum absolute atomic E-state index is 13.9. The van der Waals surface area contributed by atoms with Crippen LogP contribution < -0.4 is 16.4 Å². The zero-order chi connectivity index (χ0) is 33.0. The van der Waals surface area contributed by atoms with Gasteiger partial charge in [-0.05, 0) is 78.6 Å². The zero-order valence-corrected chi connectivity index (χ0v) is 26.3. The number of rotatable bonds is 10. The average Bonchev–Trinajstić information content (AvgIpc) is 3.68. The Labute approximate surface area is 273 Å². The van der Waals surface area contributed by atoms with Crippen molar-refractivity contribution in [2.45, 2.75) is 75.8 Å². The van der Waals surface area contributed by atoms with E-state index in [0.717, 1.165) is 66.8 Å². The fourth-order valence-corrected chi connectivity index (χ4v) is 7.32. The van der Waals surface area contributed by atoms with Crippen LogP contribution in [0.3, 0.4) is 0 Å². The second kappa shape index (κ2) is 13.7. The first-order chi connectivity index (χ1) is 22.7. The van der Waals surface area contributed by atoms with Gasteiger partial charge in [0.05, 0.1) is 11.2 Å². The molecule has 1 aromatic heterocycles. The van der Waals surface area contributed by atoms with Gasteiger partial charge in [-0.15, -0.1) is 0 Å². The molecule has 2 aliphatic carbocycles. The number of anilines is 1. The summed E-state index contributed by atoms with van der Waals surface area (Å²) >= 11 is 0. The quantitative estimate of drug-likeness (QED) is 0.145. The van der Waals surface area contributed by atoms with E-state index in [2.05, 4.69) is 22.8 Å². The Morgan fingerprint density at radius 2 is 1.60 bits per heavy atom. The summed E-state index contributed by atoms with van der Waals surface area (Å²) in [6.45, 7) is -0.0181. The van der Waals surface area contributed by atoms with E-state index in [1.807, 2.05) is 41.0 Å². The van der Waals surface area contributed by atoms with Crippen molar-refractivity contribution in [2.24, 2.45) is 5.73 Å². The number of carboxylic acids is 1. The molecular weight excluding hydrogens is 592 g/mol. The Morgan fingerprint density at radius 1 is 0.894 bits per heavy atom. The Hall–Kier alpha value is -5.18. The van der Waals surface area contributed by atoms with E-state index in [0.29, 0.717) is 35.6 Å². The number of nitrogens with two attached hydrogens (primary N) is 1. The van der Waals surface area contributed by atoms with Crippen LogP contribution >= 0.6 is 0 Å². The monoisotopic (exact) mass is 632 g/mol. The molecule has 0 saturated heterocycles. The summed E-state index contributed by atoms with van der Waals surface area (Å²) in [5.74, 6) is -1.81. The number of hydrogen-bond donors (Lipinski definition) is 4. The summed E-state index contributed by atoms with van der Waals surface area (Å²) in [6.07, 6.45) is 10.8. The molecule has 2 fully saturated rings. The number of carbonyl (C=O) groups is 4. The molecule has 0 radical (unpaired) electrons. The number of benzene rings is 3.